The molecule has 0 aliphatic carbocycles. The van der Waals surface area contributed by atoms with Crippen LogP contribution in [0.2, 0.25) is 0 Å². The van der Waals surface area contributed by atoms with Crippen LogP contribution >= 0.6 is 0 Å². The topological polar surface area (TPSA) is 39.7 Å². The smallest absolute Gasteiger partial charge is 0.161 e. The average Bonchev–Trinajstić information content (AvgIpc) is 3.00. The summed E-state index contributed by atoms with van der Waals surface area (Å²) in [5, 5.41) is 3.58. The minimum Gasteiger partial charge on any atom is -0.486 e. The molecule has 1 saturated heterocycles. The molecule has 3 rings (SSSR count). The Morgan fingerprint density at radius 2 is 2.05 bits per heavy atom. The minimum atomic E-state index is 0.327. The molecule has 20 heavy (non-hydrogen) atoms. The number of ether oxygens (including phenoxy) is 3. The van der Waals surface area contributed by atoms with Crippen molar-refractivity contribution in [2.75, 3.05) is 33.0 Å². The Bertz CT molecular complexity index is 443. The third kappa shape index (κ3) is 3.25. The van der Waals surface area contributed by atoms with E-state index in [9.17, 15) is 0 Å². The summed E-state index contributed by atoms with van der Waals surface area (Å²) in [6, 6.07) is 6.54. The van der Waals surface area contributed by atoms with Crippen molar-refractivity contribution >= 4 is 0 Å². The molecule has 0 bridgehead atoms. The second-order valence-electron chi connectivity index (χ2n) is 5.60. The van der Waals surface area contributed by atoms with Crippen molar-refractivity contribution in [3.8, 4) is 11.5 Å². The van der Waals surface area contributed by atoms with E-state index in [1.807, 2.05) is 6.07 Å². The lowest BCUT2D eigenvalue weighted by Crippen LogP contribution is -2.22. The maximum atomic E-state index is 5.63. The van der Waals surface area contributed by atoms with Crippen LogP contribution in [-0.2, 0) is 4.74 Å². The minimum absolute atomic E-state index is 0.327. The predicted octanol–water partition coefficient (Wildman–Crippen LogP) is 2.54. The number of hydrogen-bond donors (Lipinski definition) is 1. The number of hydrogen-bond acceptors (Lipinski definition) is 4. The second kappa shape index (κ2) is 6.46. The first-order valence-electron chi connectivity index (χ1n) is 7.53. The molecule has 2 heterocycles. The van der Waals surface area contributed by atoms with Gasteiger partial charge in [0.1, 0.15) is 13.2 Å². The predicted molar refractivity (Wildman–Crippen MR) is 77.4 cm³/mol. The van der Waals surface area contributed by atoms with E-state index in [1.54, 1.807) is 0 Å². The van der Waals surface area contributed by atoms with Crippen molar-refractivity contribution in [1.82, 2.24) is 5.32 Å². The van der Waals surface area contributed by atoms with Crippen molar-refractivity contribution in [2.24, 2.45) is 5.92 Å². The van der Waals surface area contributed by atoms with Gasteiger partial charge in [-0.1, -0.05) is 6.07 Å². The highest BCUT2D eigenvalue weighted by molar-refractivity contribution is 5.44. The number of nitrogens with one attached hydrogen (secondary N) is 1. The maximum absolute atomic E-state index is 5.63. The molecule has 1 aromatic rings. The highest BCUT2D eigenvalue weighted by atomic mass is 16.6. The maximum Gasteiger partial charge on any atom is 0.161 e. The Kier molecular flexibility index (Phi) is 4.43. The Balaban J connectivity index is 1.52. The summed E-state index contributed by atoms with van der Waals surface area (Å²) in [6.07, 6.45) is 2.40. The van der Waals surface area contributed by atoms with E-state index >= 15 is 0 Å². The van der Waals surface area contributed by atoms with Crippen LogP contribution in [-0.4, -0.2) is 33.0 Å². The lowest BCUT2D eigenvalue weighted by atomic mass is 10.0. The summed E-state index contributed by atoms with van der Waals surface area (Å²) in [7, 11) is 0. The van der Waals surface area contributed by atoms with Crippen LogP contribution in [0.25, 0.3) is 0 Å². The van der Waals surface area contributed by atoms with Gasteiger partial charge in [0.25, 0.3) is 0 Å². The SMILES string of the molecule is CC(NCCC1CCOC1)c1ccc2c(c1)OCCO2. The molecule has 0 radical (unpaired) electrons. The summed E-state index contributed by atoms with van der Waals surface area (Å²) in [4.78, 5) is 0. The average molecular weight is 277 g/mol. The van der Waals surface area contributed by atoms with E-state index in [0.29, 0.717) is 19.3 Å². The highest BCUT2D eigenvalue weighted by Crippen LogP contribution is 2.32. The van der Waals surface area contributed by atoms with E-state index < -0.39 is 0 Å². The van der Waals surface area contributed by atoms with E-state index in [2.05, 4.69) is 24.4 Å². The van der Waals surface area contributed by atoms with Crippen LogP contribution in [0.4, 0.5) is 0 Å². The van der Waals surface area contributed by atoms with Gasteiger partial charge in [0.15, 0.2) is 11.5 Å². The fraction of sp³-hybridized carbons (Fsp3) is 0.625. The standard InChI is InChI=1S/C16H23NO3/c1-12(17-6-4-13-5-7-18-11-13)14-2-3-15-16(10-14)20-9-8-19-15/h2-3,10,12-13,17H,4-9,11H2,1H3. The van der Waals surface area contributed by atoms with Crippen molar-refractivity contribution < 1.29 is 14.2 Å². The molecule has 0 saturated carbocycles. The fourth-order valence-corrected chi connectivity index (χ4v) is 2.76. The lowest BCUT2D eigenvalue weighted by Gasteiger charge is -2.21. The summed E-state index contributed by atoms with van der Waals surface area (Å²) >= 11 is 0. The molecule has 0 aromatic heterocycles. The largest absolute Gasteiger partial charge is 0.486 e. The van der Waals surface area contributed by atoms with Crippen molar-refractivity contribution in [3.63, 3.8) is 0 Å². The molecule has 1 aromatic carbocycles. The van der Waals surface area contributed by atoms with E-state index in [-0.39, 0.29) is 0 Å². The summed E-state index contributed by atoms with van der Waals surface area (Å²) in [6.45, 7) is 6.37. The first-order valence-corrected chi connectivity index (χ1v) is 7.53. The van der Waals surface area contributed by atoms with Crippen molar-refractivity contribution in [3.05, 3.63) is 23.8 Å². The molecule has 1 N–H and O–H groups in total. The number of fused-ring (bicyclic) bond motifs is 1. The molecule has 2 aliphatic rings. The molecule has 2 atom stereocenters. The van der Waals surface area contributed by atoms with Crippen LogP contribution < -0.4 is 14.8 Å². The fourth-order valence-electron chi connectivity index (χ4n) is 2.76. The van der Waals surface area contributed by atoms with Gasteiger partial charge in [0, 0.05) is 19.3 Å². The molecule has 2 aliphatic heterocycles. The number of benzene rings is 1. The summed E-state index contributed by atoms with van der Waals surface area (Å²) in [5.41, 5.74) is 1.25. The van der Waals surface area contributed by atoms with Crippen LogP contribution in [0.3, 0.4) is 0 Å². The van der Waals surface area contributed by atoms with Crippen molar-refractivity contribution in [2.45, 2.75) is 25.8 Å². The molecule has 2 unspecified atom stereocenters. The lowest BCUT2D eigenvalue weighted by molar-refractivity contribution is 0.171. The van der Waals surface area contributed by atoms with Crippen LogP contribution in [0.5, 0.6) is 11.5 Å². The number of rotatable bonds is 5. The Labute approximate surface area is 120 Å². The first-order chi connectivity index (χ1) is 9.83. The normalized spacial score (nSPS) is 22.8. The zero-order valence-corrected chi connectivity index (χ0v) is 12.1. The van der Waals surface area contributed by atoms with Gasteiger partial charge in [0.05, 0.1) is 0 Å². The summed E-state index contributed by atoms with van der Waals surface area (Å²) < 4.78 is 16.6. The quantitative estimate of drug-likeness (QED) is 0.898. The van der Waals surface area contributed by atoms with Gasteiger partial charge in [-0.25, -0.2) is 0 Å². The first kappa shape index (κ1) is 13.7. The molecule has 4 heteroatoms. The molecule has 0 amide bonds. The van der Waals surface area contributed by atoms with Gasteiger partial charge in [-0.2, -0.15) is 0 Å². The molecule has 1 fully saturated rings. The third-order valence-electron chi connectivity index (χ3n) is 4.09. The molecule has 0 spiro atoms. The monoisotopic (exact) mass is 277 g/mol. The molecule has 4 nitrogen and oxygen atoms in total. The second-order valence-corrected chi connectivity index (χ2v) is 5.60. The van der Waals surface area contributed by atoms with Gasteiger partial charge >= 0.3 is 0 Å². The molecular formula is C16H23NO3. The van der Waals surface area contributed by atoms with E-state index in [0.717, 1.165) is 37.2 Å². The Morgan fingerprint density at radius 1 is 1.20 bits per heavy atom. The van der Waals surface area contributed by atoms with E-state index in [1.165, 1.54) is 18.4 Å². The zero-order valence-electron chi connectivity index (χ0n) is 12.1. The van der Waals surface area contributed by atoms with Crippen molar-refractivity contribution in [1.29, 1.82) is 0 Å². The van der Waals surface area contributed by atoms with Crippen LogP contribution in [0.1, 0.15) is 31.4 Å². The van der Waals surface area contributed by atoms with Gasteiger partial charge in [-0.15, -0.1) is 0 Å². The highest BCUT2D eigenvalue weighted by Gasteiger charge is 2.17. The Hall–Kier alpha value is -1.26. The third-order valence-corrected chi connectivity index (χ3v) is 4.09. The Morgan fingerprint density at radius 3 is 2.85 bits per heavy atom. The summed E-state index contributed by atoms with van der Waals surface area (Å²) in [5.74, 6) is 2.46. The van der Waals surface area contributed by atoms with Crippen LogP contribution in [0, 0.1) is 5.92 Å². The van der Waals surface area contributed by atoms with Gasteiger partial charge < -0.3 is 19.5 Å². The van der Waals surface area contributed by atoms with Gasteiger partial charge in [-0.3, -0.25) is 0 Å². The van der Waals surface area contributed by atoms with Gasteiger partial charge in [-0.05, 0) is 49.9 Å². The molecule has 110 valence electrons. The van der Waals surface area contributed by atoms with Crippen LogP contribution in [0.15, 0.2) is 18.2 Å². The van der Waals surface area contributed by atoms with Gasteiger partial charge in [0.2, 0.25) is 0 Å². The molecular weight excluding hydrogens is 254 g/mol. The zero-order chi connectivity index (χ0) is 13.8. The van der Waals surface area contributed by atoms with E-state index in [4.69, 9.17) is 14.2 Å².